The molecule has 1 aliphatic carbocycles. The maximum atomic E-state index is 14.2. The summed E-state index contributed by atoms with van der Waals surface area (Å²) >= 11 is 5.90. The van der Waals surface area contributed by atoms with Gasteiger partial charge in [-0.25, -0.2) is 4.39 Å². The standard InChI is InChI=1S/C23H24ClFN6O2/c1-13-28-29-23(33-13)31-10-15(11-31)22(32)30(2)12-17-5-4-16(9-26-17)27-18-7-14-3-6-20(24)21(25)19(14)8-18/h3-6,9,15,18,27H,7-8,10-12H2,1-2H3. The Morgan fingerprint density at radius 1 is 1.27 bits per heavy atom. The summed E-state index contributed by atoms with van der Waals surface area (Å²) in [6, 6.07) is 7.89. The second-order valence-corrected chi connectivity index (χ2v) is 9.09. The zero-order valence-corrected chi connectivity index (χ0v) is 19.1. The van der Waals surface area contributed by atoms with Crippen LogP contribution in [0.5, 0.6) is 0 Å². The number of amides is 1. The summed E-state index contributed by atoms with van der Waals surface area (Å²) in [5.41, 5.74) is 3.34. The number of nitrogens with one attached hydrogen (secondary N) is 1. The number of hydrogen-bond acceptors (Lipinski definition) is 7. The number of fused-ring (bicyclic) bond motifs is 1. The predicted octanol–water partition coefficient (Wildman–Crippen LogP) is 3.24. The molecule has 2 aliphatic rings. The van der Waals surface area contributed by atoms with Crippen LogP contribution in [0.2, 0.25) is 5.02 Å². The van der Waals surface area contributed by atoms with Crippen molar-refractivity contribution in [2.45, 2.75) is 32.4 Å². The molecule has 1 fully saturated rings. The number of aromatic nitrogens is 3. The quantitative estimate of drug-likeness (QED) is 0.591. The van der Waals surface area contributed by atoms with Gasteiger partial charge >= 0.3 is 6.01 Å². The van der Waals surface area contributed by atoms with Gasteiger partial charge in [-0.05, 0) is 42.2 Å². The molecule has 3 heterocycles. The normalized spacial score (nSPS) is 17.6. The van der Waals surface area contributed by atoms with E-state index in [1.165, 1.54) is 0 Å². The van der Waals surface area contributed by atoms with Crippen LogP contribution in [0.3, 0.4) is 0 Å². The van der Waals surface area contributed by atoms with E-state index in [4.69, 9.17) is 16.0 Å². The zero-order chi connectivity index (χ0) is 23.1. The molecule has 1 aromatic carbocycles. The second kappa shape index (κ2) is 8.62. The Kier molecular flexibility index (Phi) is 5.65. The van der Waals surface area contributed by atoms with Crippen molar-refractivity contribution < 1.29 is 13.6 Å². The summed E-state index contributed by atoms with van der Waals surface area (Å²) in [7, 11) is 1.78. The highest BCUT2D eigenvalue weighted by atomic mass is 35.5. The summed E-state index contributed by atoms with van der Waals surface area (Å²) < 4.78 is 19.6. The summed E-state index contributed by atoms with van der Waals surface area (Å²) in [5.74, 6) is 0.160. The minimum atomic E-state index is -0.318. The van der Waals surface area contributed by atoms with Crippen LogP contribution in [0, 0.1) is 18.7 Å². The molecule has 33 heavy (non-hydrogen) atoms. The smallest absolute Gasteiger partial charge is 0.318 e. The molecule has 172 valence electrons. The van der Waals surface area contributed by atoms with Gasteiger partial charge in [-0.15, -0.1) is 5.10 Å². The van der Waals surface area contributed by atoms with Gasteiger partial charge in [0.2, 0.25) is 11.8 Å². The van der Waals surface area contributed by atoms with Crippen LogP contribution in [0.25, 0.3) is 0 Å². The third kappa shape index (κ3) is 4.37. The van der Waals surface area contributed by atoms with Crippen molar-refractivity contribution in [2.24, 2.45) is 5.92 Å². The molecule has 2 aromatic heterocycles. The van der Waals surface area contributed by atoms with Gasteiger partial charge in [0.25, 0.3) is 0 Å². The minimum absolute atomic E-state index is 0.0656. The average molecular weight is 471 g/mol. The van der Waals surface area contributed by atoms with Crippen molar-refractivity contribution in [3.05, 3.63) is 64.0 Å². The topological polar surface area (TPSA) is 87.4 Å². The van der Waals surface area contributed by atoms with Crippen LogP contribution < -0.4 is 10.2 Å². The number of benzene rings is 1. The van der Waals surface area contributed by atoms with E-state index >= 15 is 0 Å². The third-order valence-corrected chi connectivity index (χ3v) is 6.49. The summed E-state index contributed by atoms with van der Waals surface area (Å²) in [6.45, 7) is 3.30. The van der Waals surface area contributed by atoms with Gasteiger partial charge in [0.1, 0.15) is 5.82 Å². The number of halogens is 2. The van der Waals surface area contributed by atoms with Crippen LogP contribution in [0.1, 0.15) is 22.7 Å². The molecule has 1 aliphatic heterocycles. The van der Waals surface area contributed by atoms with E-state index in [0.29, 0.717) is 43.5 Å². The van der Waals surface area contributed by atoms with E-state index in [1.54, 1.807) is 31.1 Å². The van der Waals surface area contributed by atoms with Gasteiger partial charge < -0.3 is 19.5 Å². The fourth-order valence-electron chi connectivity index (χ4n) is 4.41. The molecule has 10 heteroatoms. The SMILES string of the molecule is Cc1nnc(N2CC(C(=O)N(C)Cc3ccc(NC4Cc5ccc(Cl)c(F)c5C4)cn3)C2)o1. The van der Waals surface area contributed by atoms with Gasteiger partial charge in [-0.1, -0.05) is 22.8 Å². The van der Waals surface area contributed by atoms with E-state index in [-0.39, 0.29) is 28.7 Å². The number of pyridine rings is 1. The molecule has 0 spiro atoms. The Balaban J connectivity index is 1.12. The lowest BCUT2D eigenvalue weighted by Gasteiger charge is -2.38. The minimum Gasteiger partial charge on any atom is -0.408 e. The number of nitrogens with zero attached hydrogens (tertiary/aromatic N) is 5. The molecule has 1 amide bonds. The number of carbonyl (C=O) groups excluding carboxylic acids is 1. The summed E-state index contributed by atoms with van der Waals surface area (Å²) in [4.78, 5) is 20.8. The molecular formula is C23H24ClFN6O2. The van der Waals surface area contributed by atoms with E-state index in [1.807, 2.05) is 23.1 Å². The molecule has 3 aromatic rings. The van der Waals surface area contributed by atoms with Gasteiger partial charge in [-0.3, -0.25) is 9.78 Å². The van der Waals surface area contributed by atoms with E-state index in [9.17, 15) is 9.18 Å². The molecule has 5 rings (SSSR count). The molecule has 1 N–H and O–H groups in total. The van der Waals surface area contributed by atoms with Crippen molar-refractivity contribution in [1.82, 2.24) is 20.1 Å². The molecule has 1 saturated heterocycles. The fraction of sp³-hybridized carbons (Fsp3) is 0.391. The summed E-state index contributed by atoms with van der Waals surface area (Å²) in [5, 5.41) is 11.4. The Hall–Kier alpha value is -3.20. The molecule has 8 nitrogen and oxygen atoms in total. The number of hydrogen-bond donors (Lipinski definition) is 1. The zero-order valence-electron chi connectivity index (χ0n) is 18.4. The van der Waals surface area contributed by atoms with Crippen LogP contribution in [-0.4, -0.2) is 52.2 Å². The monoisotopic (exact) mass is 470 g/mol. The first-order chi connectivity index (χ1) is 15.9. The Bertz CT molecular complexity index is 1180. The predicted molar refractivity (Wildman–Crippen MR) is 122 cm³/mol. The van der Waals surface area contributed by atoms with Crippen LogP contribution in [0.4, 0.5) is 16.1 Å². The Morgan fingerprint density at radius 2 is 2.09 bits per heavy atom. The highest BCUT2D eigenvalue weighted by Crippen LogP contribution is 2.30. The highest BCUT2D eigenvalue weighted by molar-refractivity contribution is 6.30. The van der Waals surface area contributed by atoms with Crippen LogP contribution >= 0.6 is 11.6 Å². The van der Waals surface area contributed by atoms with Crippen molar-refractivity contribution >= 4 is 29.2 Å². The average Bonchev–Trinajstić information content (AvgIpc) is 3.37. The maximum Gasteiger partial charge on any atom is 0.318 e. The van der Waals surface area contributed by atoms with E-state index < -0.39 is 0 Å². The largest absolute Gasteiger partial charge is 0.408 e. The third-order valence-electron chi connectivity index (χ3n) is 6.20. The maximum absolute atomic E-state index is 14.2. The van der Waals surface area contributed by atoms with Crippen molar-refractivity contribution in [3.63, 3.8) is 0 Å². The number of rotatable bonds is 6. The first-order valence-corrected chi connectivity index (χ1v) is 11.2. The van der Waals surface area contributed by atoms with E-state index in [2.05, 4.69) is 20.5 Å². The summed E-state index contributed by atoms with van der Waals surface area (Å²) in [6.07, 6.45) is 3.08. The molecule has 0 saturated carbocycles. The van der Waals surface area contributed by atoms with E-state index in [0.717, 1.165) is 23.4 Å². The fourth-order valence-corrected chi connectivity index (χ4v) is 4.58. The lowest BCUT2D eigenvalue weighted by atomic mass is 9.99. The van der Waals surface area contributed by atoms with Gasteiger partial charge in [-0.2, -0.15) is 0 Å². The lowest BCUT2D eigenvalue weighted by Crippen LogP contribution is -2.54. The second-order valence-electron chi connectivity index (χ2n) is 8.69. The number of carbonyl (C=O) groups is 1. The first kappa shape index (κ1) is 21.6. The number of aryl methyl sites for hydroxylation is 1. The van der Waals surface area contributed by atoms with Crippen molar-refractivity contribution in [3.8, 4) is 0 Å². The molecule has 1 atom stereocenters. The Labute approximate surface area is 195 Å². The van der Waals surface area contributed by atoms with Crippen molar-refractivity contribution in [2.75, 3.05) is 30.4 Å². The molecule has 0 bridgehead atoms. The lowest BCUT2D eigenvalue weighted by molar-refractivity contribution is -0.135. The van der Waals surface area contributed by atoms with Gasteiger partial charge in [0, 0.05) is 33.1 Å². The van der Waals surface area contributed by atoms with Crippen LogP contribution in [-0.2, 0) is 24.2 Å². The molecule has 1 unspecified atom stereocenters. The molecular weight excluding hydrogens is 447 g/mol. The highest BCUT2D eigenvalue weighted by Gasteiger charge is 2.37. The van der Waals surface area contributed by atoms with Crippen molar-refractivity contribution in [1.29, 1.82) is 0 Å². The first-order valence-electron chi connectivity index (χ1n) is 10.8. The molecule has 0 radical (unpaired) electrons. The van der Waals surface area contributed by atoms with Crippen LogP contribution in [0.15, 0.2) is 34.9 Å². The number of anilines is 2. The van der Waals surface area contributed by atoms with Gasteiger partial charge in [0.05, 0.1) is 35.1 Å². The Morgan fingerprint density at radius 3 is 2.79 bits per heavy atom. The van der Waals surface area contributed by atoms with Gasteiger partial charge in [0.15, 0.2) is 0 Å².